The lowest BCUT2D eigenvalue weighted by Gasteiger charge is -2.50. The van der Waals surface area contributed by atoms with Crippen LogP contribution in [0, 0.1) is 12.8 Å². The van der Waals surface area contributed by atoms with E-state index in [1.54, 1.807) is 11.1 Å². The van der Waals surface area contributed by atoms with Gasteiger partial charge in [0.05, 0.1) is 16.8 Å². The van der Waals surface area contributed by atoms with Gasteiger partial charge in [0, 0.05) is 22.6 Å². The molecule has 0 bridgehead atoms. The van der Waals surface area contributed by atoms with Gasteiger partial charge < -0.3 is 4.74 Å². The van der Waals surface area contributed by atoms with Gasteiger partial charge in [-0.1, -0.05) is 152 Å². The number of hydrogen-bond donors (Lipinski definition) is 0. The van der Waals surface area contributed by atoms with Crippen molar-refractivity contribution >= 4 is 5.57 Å². The molecule has 1 aliphatic heterocycles. The van der Waals surface area contributed by atoms with Crippen LogP contribution in [0.5, 0.6) is 5.75 Å². The zero-order valence-electron chi connectivity index (χ0n) is 32.2. The monoisotopic (exact) mass is 733 g/mol. The van der Waals surface area contributed by atoms with Crippen LogP contribution >= 0.6 is 0 Å². The van der Waals surface area contributed by atoms with Gasteiger partial charge in [0.1, 0.15) is 11.9 Å². The zero-order valence-corrected chi connectivity index (χ0v) is 32.2. The minimum absolute atomic E-state index is 0.0485. The standard InChI is InChI=1S/C55H43NO/c1-36-43(40-21-14-20-39(32-40)42-34-51(37-16-4-2-5-17-37)56-52(35-42)38-18-6-3-7-19-38)24-15-25-44(36)41-30-31-54-50(33-41)55(49-28-12-13-29-53(49)57-54)47-26-10-8-22-45(47)46-23-9-11-27-48(46)55/h2-8,11-22,24-25,27-35,50,54H,9-10,23,26H2,1H3. The number of rotatable bonds is 5. The van der Waals surface area contributed by atoms with Crippen molar-refractivity contribution < 1.29 is 4.74 Å². The summed E-state index contributed by atoms with van der Waals surface area (Å²) in [5, 5.41) is 0. The topological polar surface area (TPSA) is 22.1 Å². The van der Waals surface area contributed by atoms with Crippen molar-refractivity contribution in [2.45, 2.75) is 44.1 Å². The summed E-state index contributed by atoms with van der Waals surface area (Å²) in [7, 11) is 0. The summed E-state index contributed by atoms with van der Waals surface area (Å²) in [6, 6.07) is 50.1. The Labute approximate surface area is 335 Å². The van der Waals surface area contributed by atoms with Crippen LogP contribution in [-0.4, -0.2) is 11.1 Å². The molecule has 0 amide bonds. The first-order chi connectivity index (χ1) is 28.2. The third kappa shape index (κ3) is 5.42. The van der Waals surface area contributed by atoms with E-state index >= 15 is 0 Å². The molecule has 2 heteroatoms. The second kappa shape index (κ2) is 13.6. The molecule has 0 N–H and O–H groups in total. The molecule has 2 nitrogen and oxygen atoms in total. The number of aromatic nitrogens is 1. The maximum atomic E-state index is 6.89. The molecule has 11 rings (SSSR count). The Bertz CT molecular complexity index is 2720. The average Bonchev–Trinajstić information content (AvgIpc) is 3.57. The highest BCUT2D eigenvalue weighted by atomic mass is 16.5. The molecule has 2 heterocycles. The highest BCUT2D eigenvalue weighted by molar-refractivity contribution is 5.86. The van der Waals surface area contributed by atoms with Gasteiger partial charge in [-0.25, -0.2) is 4.98 Å². The molecule has 274 valence electrons. The number of hydrogen-bond acceptors (Lipinski definition) is 2. The van der Waals surface area contributed by atoms with E-state index < -0.39 is 0 Å². The molecule has 3 unspecified atom stereocenters. The van der Waals surface area contributed by atoms with Crippen molar-refractivity contribution in [1.82, 2.24) is 4.98 Å². The second-order valence-corrected chi connectivity index (χ2v) is 16.0. The summed E-state index contributed by atoms with van der Waals surface area (Å²) in [6.07, 6.45) is 21.2. The quantitative estimate of drug-likeness (QED) is 0.176. The molecule has 0 saturated heterocycles. The predicted molar refractivity (Wildman–Crippen MR) is 235 cm³/mol. The molecule has 0 fully saturated rings. The maximum Gasteiger partial charge on any atom is 0.125 e. The van der Waals surface area contributed by atoms with Gasteiger partial charge in [-0.3, -0.25) is 0 Å². The van der Waals surface area contributed by atoms with Crippen molar-refractivity contribution in [3.05, 3.63) is 221 Å². The fourth-order valence-electron chi connectivity index (χ4n) is 10.4. The number of fused-ring (bicyclic) bond motifs is 7. The van der Waals surface area contributed by atoms with Crippen LogP contribution in [0.1, 0.15) is 42.4 Å². The SMILES string of the molecule is Cc1c(C2=CC3C(C=C2)Oc2ccccc2C32C3=C(CCC=C3)C3=C2CCC=C3)cccc1-c1cccc(-c2cc(-c3ccccc3)nc(-c3ccccc3)c2)c1. The molecule has 1 aromatic heterocycles. The average molecular weight is 734 g/mol. The van der Waals surface area contributed by atoms with Gasteiger partial charge in [-0.2, -0.15) is 0 Å². The molecule has 5 aliphatic rings. The minimum atomic E-state index is -0.247. The Morgan fingerprint density at radius 1 is 0.596 bits per heavy atom. The smallest absolute Gasteiger partial charge is 0.125 e. The summed E-state index contributed by atoms with van der Waals surface area (Å²) in [5.41, 5.74) is 19.9. The fraction of sp³-hybridized carbons (Fsp3) is 0.145. The van der Waals surface area contributed by atoms with E-state index in [0.717, 1.165) is 59.5 Å². The van der Waals surface area contributed by atoms with Crippen LogP contribution in [0.3, 0.4) is 0 Å². The lowest BCUT2D eigenvalue weighted by atomic mass is 9.57. The third-order valence-electron chi connectivity index (χ3n) is 12.9. The van der Waals surface area contributed by atoms with Gasteiger partial charge in [0.25, 0.3) is 0 Å². The van der Waals surface area contributed by atoms with Gasteiger partial charge in [0.15, 0.2) is 0 Å². The zero-order chi connectivity index (χ0) is 37.9. The molecule has 3 atom stereocenters. The normalized spacial score (nSPS) is 21.5. The Morgan fingerprint density at radius 2 is 1.26 bits per heavy atom. The molecule has 5 aromatic carbocycles. The van der Waals surface area contributed by atoms with Gasteiger partial charge in [0.2, 0.25) is 0 Å². The molecule has 0 saturated carbocycles. The van der Waals surface area contributed by atoms with Crippen molar-refractivity contribution in [3.63, 3.8) is 0 Å². The summed E-state index contributed by atoms with van der Waals surface area (Å²) < 4.78 is 6.89. The van der Waals surface area contributed by atoms with Crippen molar-refractivity contribution in [2.75, 3.05) is 0 Å². The Kier molecular flexibility index (Phi) is 8.07. The molecule has 6 aromatic rings. The largest absolute Gasteiger partial charge is 0.485 e. The van der Waals surface area contributed by atoms with Crippen LogP contribution in [0.25, 0.3) is 50.3 Å². The fourth-order valence-corrected chi connectivity index (χ4v) is 10.4. The molecule has 1 spiro atoms. The van der Waals surface area contributed by atoms with Gasteiger partial charge in [-0.15, -0.1) is 0 Å². The Balaban J connectivity index is 1.02. The number of nitrogens with zero attached hydrogens (tertiary/aromatic N) is 1. The van der Waals surface area contributed by atoms with Crippen LogP contribution in [0.15, 0.2) is 204 Å². The van der Waals surface area contributed by atoms with E-state index in [9.17, 15) is 0 Å². The van der Waals surface area contributed by atoms with E-state index in [1.165, 1.54) is 50.1 Å². The van der Waals surface area contributed by atoms with E-state index in [4.69, 9.17) is 9.72 Å². The number of ether oxygens (including phenoxy) is 1. The predicted octanol–water partition coefficient (Wildman–Crippen LogP) is 13.6. The van der Waals surface area contributed by atoms with E-state index in [-0.39, 0.29) is 17.4 Å². The lowest BCUT2D eigenvalue weighted by molar-refractivity contribution is 0.138. The van der Waals surface area contributed by atoms with Crippen LogP contribution in [-0.2, 0) is 5.41 Å². The van der Waals surface area contributed by atoms with Crippen LogP contribution in [0.4, 0.5) is 0 Å². The molecular formula is C55H43NO. The molecule has 4 aliphatic carbocycles. The minimum Gasteiger partial charge on any atom is -0.485 e. The van der Waals surface area contributed by atoms with Crippen molar-refractivity contribution in [3.8, 4) is 50.5 Å². The number of allylic oxidation sites excluding steroid dienone is 10. The summed E-state index contributed by atoms with van der Waals surface area (Å²) >= 11 is 0. The molecule has 57 heavy (non-hydrogen) atoms. The highest BCUT2D eigenvalue weighted by Crippen LogP contribution is 2.63. The van der Waals surface area contributed by atoms with Crippen LogP contribution in [0.2, 0.25) is 0 Å². The van der Waals surface area contributed by atoms with E-state index in [0.29, 0.717) is 0 Å². The van der Waals surface area contributed by atoms with Gasteiger partial charge in [-0.05, 0) is 124 Å². The molecular weight excluding hydrogens is 691 g/mol. The summed E-state index contributed by atoms with van der Waals surface area (Å²) in [5.74, 6) is 1.16. The highest BCUT2D eigenvalue weighted by Gasteiger charge is 2.57. The third-order valence-corrected chi connectivity index (χ3v) is 12.9. The summed E-state index contributed by atoms with van der Waals surface area (Å²) in [4.78, 5) is 5.14. The van der Waals surface area contributed by atoms with Crippen LogP contribution < -0.4 is 4.74 Å². The summed E-state index contributed by atoms with van der Waals surface area (Å²) in [6.45, 7) is 2.29. The van der Waals surface area contributed by atoms with E-state index in [2.05, 4.69) is 189 Å². The van der Waals surface area contributed by atoms with E-state index in [1.807, 2.05) is 0 Å². The number of pyridine rings is 1. The van der Waals surface area contributed by atoms with Crippen molar-refractivity contribution in [2.24, 2.45) is 5.92 Å². The number of para-hydroxylation sites is 1. The van der Waals surface area contributed by atoms with Gasteiger partial charge >= 0.3 is 0 Å². The number of benzene rings is 5. The first-order valence-electron chi connectivity index (χ1n) is 20.5. The lowest BCUT2D eigenvalue weighted by Crippen LogP contribution is -2.49. The first-order valence-corrected chi connectivity index (χ1v) is 20.5. The Hall–Kier alpha value is -6.51. The first kappa shape index (κ1) is 33.8. The second-order valence-electron chi connectivity index (χ2n) is 16.0. The Morgan fingerprint density at radius 3 is 2.07 bits per heavy atom. The molecule has 0 radical (unpaired) electrons. The maximum absolute atomic E-state index is 6.89. The van der Waals surface area contributed by atoms with Crippen molar-refractivity contribution in [1.29, 1.82) is 0 Å².